The van der Waals surface area contributed by atoms with Crippen LogP contribution in [0.5, 0.6) is 51.7 Å². The second-order valence-electron chi connectivity index (χ2n) is 12.8. The van der Waals surface area contributed by atoms with Gasteiger partial charge in [0.15, 0.2) is 0 Å². The highest BCUT2D eigenvalue weighted by atomic mass is 16.5. The highest BCUT2D eigenvalue weighted by Crippen LogP contribution is 2.60. The number of benzene rings is 6. The van der Waals surface area contributed by atoms with Gasteiger partial charge >= 0.3 is 0 Å². The van der Waals surface area contributed by atoms with Gasteiger partial charge in [-0.25, -0.2) is 0 Å². The van der Waals surface area contributed by atoms with Crippen molar-refractivity contribution in [3.8, 4) is 51.7 Å². The smallest absolute Gasteiger partial charge is 0.135 e. The molecule has 0 amide bonds. The van der Waals surface area contributed by atoms with E-state index in [1.165, 1.54) is 12.1 Å². The molecule has 0 radical (unpaired) electrons. The first-order valence-corrected chi connectivity index (χ1v) is 16.3. The summed E-state index contributed by atoms with van der Waals surface area (Å²) < 4.78 is 13.5. The zero-order chi connectivity index (χ0) is 35.4. The fourth-order valence-electron chi connectivity index (χ4n) is 7.31. The van der Waals surface area contributed by atoms with Gasteiger partial charge in [0.2, 0.25) is 0 Å². The Balaban J connectivity index is 1.42. The third kappa shape index (κ3) is 5.84. The average Bonchev–Trinajstić information content (AvgIpc) is 3.66. The van der Waals surface area contributed by atoms with E-state index >= 15 is 0 Å². The average molecular weight is 681 g/mol. The van der Waals surface area contributed by atoms with E-state index < -0.39 is 24.0 Å². The van der Waals surface area contributed by atoms with Crippen molar-refractivity contribution in [2.75, 3.05) is 0 Å². The van der Waals surface area contributed by atoms with Crippen LogP contribution in [0.2, 0.25) is 0 Å². The lowest BCUT2D eigenvalue weighted by Gasteiger charge is -2.24. The van der Waals surface area contributed by atoms with E-state index in [2.05, 4.69) is 0 Å². The van der Waals surface area contributed by atoms with Crippen molar-refractivity contribution in [3.05, 3.63) is 160 Å². The fraction of sp³-hybridized carbons (Fsp3) is 0.0952. The standard InChI is InChI=1S/C42H32O9/c43-27-8-1-22(2-9-27)3-14-34-39-35(50-41(23-4-10-28(44)11-5-23)37(39)25-15-30(46)19-31(47)16-25)21-36-40(34)38(26-17-32(48)20-33(49)18-26)42(51-36)24-6-12-29(45)13-7-24/h1-21,37-38,41-49H/b14-3+/t37-,38-,41+,42+/m1/s1. The van der Waals surface area contributed by atoms with Crippen LogP contribution in [0, 0.1) is 0 Å². The summed E-state index contributed by atoms with van der Waals surface area (Å²) in [7, 11) is 0. The van der Waals surface area contributed by atoms with Crippen molar-refractivity contribution in [1.82, 2.24) is 0 Å². The van der Waals surface area contributed by atoms with Crippen LogP contribution in [0.25, 0.3) is 12.2 Å². The topological polar surface area (TPSA) is 160 Å². The van der Waals surface area contributed by atoms with E-state index in [0.717, 1.165) is 27.8 Å². The lowest BCUT2D eigenvalue weighted by atomic mass is 9.77. The number of hydrogen-bond donors (Lipinski definition) is 7. The molecule has 4 atom stereocenters. The summed E-state index contributed by atoms with van der Waals surface area (Å²) in [6.45, 7) is 0. The SMILES string of the molecule is Oc1ccc(/C=C/c2c3c(cc4c2[C@@H](c2cc(O)cc(O)c2)[C@H](c2ccc(O)cc2)O4)O[C@@H](c2ccc(O)cc2)[C@@H]3c2cc(O)cc(O)c2)cc1. The maximum absolute atomic E-state index is 10.7. The van der Waals surface area contributed by atoms with Gasteiger partial charge < -0.3 is 45.2 Å². The minimum absolute atomic E-state index is 0.0863. The monoisotopic (exact) mass is 680 g/mol. The molecule has 0 aliphatic carbocycles. The third-order valence-electron chi connectivity index (χ3n) is 9.46. The summed E-state index contributed by atoms with van der Waals surface area (Å²) in [4.78, 5) is 0. The summed E-state index contributed by atoms with van der Waals surface area (Å²) in [5, 5.41) is 72.8. The summed E-state index contributed by atoms with van der Waals surface area (Å²) in [6, 6.07) is 30.7. The lowest BCUT2D eigenvalue weighted by molar-refractivity contribution is 0.212. The normalized spacial score (nSPS) is 19.0. The Bertz CT molecular complexity index is 2120. The molecule has 0 saturated heterocycles. The van der Waals surface area contributed by atoms with E-state index in [0.29, 0.717) is 28.2 Å². The van der Waals surface area contributed by atoms with Crippen LogP contribution in [0.3, 0.4) is 0 Å². The van der Waals surface area contributed by atoms with Crippen LogP contribution in [0.1, 0.15) is 68.6 Å². The molecule has 2 aliphatic heterocycles. The van der Waals surface area contributed by atoms with E-state index in [-0.39, 0.29) is 40.2 Å². The van der Waals surface area contributed by atoms with Crippen molar-refractivity contribution >= 4 is 12.2 Å². The van der Waals surface area contributed by atoms with Gasteiger partial charge in [0, 0.05) is 29.3 Å². The van der Waals surface area contributed by atoms with E-state index in [1.807, 2.05) is 18.2 Å². The molecule has 6 aromatic rings. The van der Waals surface area contributed by atoms with Crippen molar-refractivity contribution in [2.45, 2.75) is 24.0 Å². The maximum Gasteiger partial charge on any atom is 0.135 e. The van der Waals surface area contributed by atoms with Crippen LogP contribution >= 0.6 is 0 Å². The highest BCUT2D eigenvalue weighted by Gasteiger charge is 2.45. The molecular weight excluding hydrogens is 648 g/mol. The molecule has 254 valence electrons. The first kappa shape index (κ1) is 31.5. The van der Waals surface area contributed by atoms with Crippen LogP contribution in [0.15, 0.2) is 115 Å². The van der Waals surface area contributed by atoms with Gasteiger partial charge in [0.1, 0.15) is 64.0 Å². The molecule has 51 heavy (non-hydrogen) atoms. The molecule has 2 heterocycles. The first-order chi connectivity index (χ1) is 24.6. The van der Waals surface area contributed by atoms with Gasteiger partial charge in [-0.15, -0.1) is 0 Å². The molecule has 9 heteroatoms. The van der Waals surface area contributed by atoms with E-state index in [4.69, 9.17) is 9.47 Å². The van der Waals surface area contributed by atoms with E-state index in [9.17, 15) is 35.7 Å². The Morgan fingerprint density at radius 2 is 0.745 bits per heavy atom. The molecule has 0 saturated carbocycles. The molecule has 0 bridgehead atoms. The van der Waals surface area contributed by atoms with Crippen molar-refractivity contribution in [1.29, 1.82) is 0 Å². The van der Waals surface area contributed by atoms with Crippen molar-refractivity contribution in [2.24, 2.45) is 0 Å². The van der Waals surface area contributed by atoms with Crippen molar-refractivity contribution in [3.63, 3.8) is 0 Å². The Hall–Kier alpha value is -6.74. The van der Waals surface area contributed by atoms with Gasteiger partial charge in [-0.2, -0.15) is 0 Å². The second kappa shape index (κ2) is 12.3. The van der Waals surface area contributed by atoms with Crippen molar-refractivity contribution < 1.29 is 45.2 Å². The molecule has 9 nitrogen and oxygen atoms in total. The predicted octanol–water partition coefficient (Wildman–Crippen LogP) is 8.33. The molecule has 0 spiro atoms. The zero-order valence-corrected chi connectivity index (χ0v) is 26.9. The molecule has 6 aromatic carbocycles. The Morgan fingerprint density at radius 1 is 0.373 bits per heavy atom. The number of rotatable bonds is 6. The molecular formula is C42H32O9. The van der Waals surface area contributed by atoms with E-state index in [1.54, 1.807) is 97.1 Å². The van der Waals surface area contributed by atoms with Crippen LogP contribution < -0.4 is 9.47 Å². The number of phenols is 7. The molecule has 0 aromatic heterocycles. The van der Waals surface area contributed by atoms with Gasteiger partial charge in [-0.1, -0.05) is 48.6 Å². The number of ether oxygens (including phenoxy) is 2. The minimum Gasteiger partial charge on any atom is -0.508 e. The minimum atomic E-state index is -0.652. The number of fused-ring (bicyclic) bond motifs is 2. The Morgan fingerprint density at radius 3 is 1.14 bits per heavy atom. The van der Waals surface area contributed by atoms with Gasteiger partial charge in [0.25, 0.3) is 0 Å². The number of aromatic hydroxyl groups is 7. The fourth-order valence-corrected chi connectivity index (χ4v) is 7.31. The highest BCUT2D eigenvalue weighted by molar-refractivity contribution is 5.80. The summed E-state index contributed by atoms with van der Waals surface area (Å²) in [5.41, 5.74) is 5.59. The second-order valence-corrected chi connectivity index (χ2v) is 12.8. The van der Waals surface area contributed by atoms with Crippen LogP contribution in [-0.2, 0) is 0 Å². The number of hydrogen-bond acceptors (Lipinski definition) is 9. The Kier molecular flexibility index (Phi) is 7.60. The van der Waals surface area contributed by atoms with Crippen LogP contribution in [0.4, 0.5) is 0 Å². The zero-order valence-electron chi connectivity index (χ0n) is 26.9. The molecule has 2 aliphatic rings. The molecule has 0 unspecified atom stereocenters. The summed E-state index contributed by atoms with van der Waals surface area (Å²) >= 11 is 0. The third-order valence-corrected chi connectivity index (χ3v) is 9.46. The summed E-state index contributed by atoms with van der Waals surface area (Å²) in [6.07, 6.45) is 2.52. The molecule has 0 fully saturated rings. The lowest BCUT2D eigenvalue weighted by Crippen LogP contribution is -2.14. The first-order valence-electron chi connectivity index (χ1n) is 16.3. The Labute approximate surface area is 292 Å². The van der Waals surface area contributed by atoms with Gasteiger partial charge in [-0.3, -0.25) is 0 Å². The molecule has 7 N–H and O–H groups in total. The number of phenolic OH excluding ortho intramolecular Hbond substituents is 7. The molecule has 8 rings (SSSR count). The summed E-state index contributed by atoms with van der Waals surface area (Å²) in [5.74, 6) is -0.409. The maximum atomic E-state index is 10.7. The van der Waals surface area contributed by atoms with Gasteiger partial charge in [-0.05, 0) is 94.0 Å². The van der Waals surface area contributed by atoms with Crippen LogP contribution in [-0.4, -0.2) is 35.7 Å². The predicted molar refractivity (Wildman–Crippen MR) is 190 cm³/mol. The largest absolute Gasteiger partial charge is 0.508 e. The quantitative estimate of drug-likeness (QED) is 0.0858. The van der Waals surface area contributed by atoms with Gasteiger partial charge in [0.05, 0.1) is 11.8 Å².